The van der Waals surface area contributed by atoms with E-state index in [4.69, 9.17) is 21.1 Å². The summed E-state index contributed by atoms with van der Waals surface area (Å²) >= 11 is 7.30. The van der Waals surface area contributed by atoms with Crippen LogP contribution in [0.2, 0.25) is 5.15 Å². The number of nitrogens with one attached hydrogen (secondary N) is 1. The molecule has 4 heterocycles. The van der Waals surface area contributed by atoms with E-state index >= 15 is 0 Å². The lowest BCUT2D eigenvalue weighted by Gasteiger charge is -2.31. The predicted octanol–water partition coefficient (Wildman–Crippen LogP) is 5.55. The fraction of sp³-hybridized carbons (Fsp3) is 0.435. The van der Waals surface area contributed by atoms with Crippen LogP contribution in [0.4, 0.5) is 20.8 Å². The number of hydrogen-bond donors (Lipinski definition) is 1. The molecule has 0 saturated carbocycles. The Morgan fingerprint density at radius 2 is 2.09 bits per heavy atom. The molecule has 4 rings (SSSR count). The highest BCUT2D eigenvalue weighted by molar-refractivity contribution is 7.98. The first-order valence-corrected chi connectivity index (χ1v) is 12.6. The fourth-order valence-electron chi connectivity index (χ4n) is 3.79. The van der Waals surface area contributed by atoms with Crippen LogP contribution in [-0.2, 0) is 4.74 Å². The number of pyridine rings is 2. The van der Waals surface area contributed by atoms with E-state index in [1.807, 2.05) is 31.1 Å². The van der Waals surface area contributed by atoms with Gasteiger partial charge in [0.25, 0.3) is 0 Å². The van der Waals surface area contributed by atoms with Crippen molar-refractivity contribution in [1.82, 2.24) is 19.9 Å². The lowest BCUT2D eigenvalue weighted by Crippen LogP contribution is -2.32. The monoisotopic (exact) mass is 520 g/mol. The third-order valence-electron chi connectivity index (χ3n) is 5.29. The largest absolute Gasteiger partial charge is 0.475 e. The van der Waals surface area contributed by atoms with Crippen LogP contribution in [0, 0.1) is 12.7 Å². The van der Waals surface area contributed by atoms with Gasteiger partial charge in [0, 0.05) is 11.8 Å². The predicted molar refractivity (Wildman–Crippen MR) is 134 cm³/mol. The number of hydrogen-bond acceptors (Lipinski definition) is 9. The standard InChI is InChI=1S/C23H26ClFN6O3S/c1-11-9-13(18(26-10-11)29-22(32)34-23(3,4)5)12(2)31-7-8-33-20-14-16(15(25)17(24)28-20)27-21(35-6)30-19(14)31/h9-10,12H,7-8H2,1-6H3,(H,26,29,32). The minimum Gasteiger partial charge on any atom is -0.475 e. The summed E-state index contributed by atoms with van der Waals surface area (Å²) in [6.45, 7) is 9.90. The zero-order valence-corrected chi connectivity index (χ0v) is 21.8. The molecule has 0 fully saturated rings. The van der Waals surface area contributed by atoms with Gasteiger partial charge in [-0.3, -0.25) is 5.32 Å². The molecule has 0 aromatic carbocycles. The van der Waals surface area contributed by atoms with Crippen molar-refractivity contribution in [2.45, 2.75) is 51.4 Å². The van der Waals surface area contributed by atoms with Crippen molar-refractivity contribution in [2.75, 3.05) is 29.6 Å². The molecule has 1 amide bonds. The number of aromatic nitrogens is 4. The number of carbonyl (C=O) groups is 1. The number of thioether (sulfide) groups is 1. The molecule has 9 nitrogen and oxygen atoms in total. The summed E-state index contributed by atoms with van der Waals surface area (Å²) in [6, 6.07) is 1.60. The summed E-state index contributed by atoms with van der Waals surface area (Å²) in [5.41, 5.74) is 1.03. The third kappa shape index (κ3) is 5.20. The van der Waals surface area contributed by atoms with Gasteiger partial charge in [-0.25, -0.2) is 24.1 Å². The van der Waals surface area contributed by atoms with E-state index in [-0.39, 0.29) is 29.2 Å². The third-order valence-corrected chi connectivity index (χ3v) is 6.09. The minimum atomic E-state index is -0.730. The number of carbonyl (C=O) groups excluding carboxylic acids is 1. The molecule has 3 aromatic heterocycles. The molecular weight excluding hydrogens is 495 g/mol. The van der Waals surface area contributed by atoms with Crippen molar-refractivity contribution in [3.05, 3.63) is 34.4 Å². The average Bonchev–Trinajstić information content (AvgIpc) is 2.96. The van der Waals surface area contributed by atoms with Gasteiger partial charge in [-0.2, -0.15) is 4.98 Å². The van der Waals surface area contributed by atoms with Crippen molar-refractivity contribution in [2.24, 2.45) is 0 Å². The van der Waals surface area contributed by atoms with Crippen molar-refractivity contribution >= 4 is 52.0 Å². The molecule has 0 bridgehead atoms. The lowest BCUT2D eigenvalue weighted by molar-refractivity contribution is 0.0635. The topological polar surface area (TPSA) is 102 Å². The maximum Gasteiger partial charge on any atom is 0.413 e. The van der Waals surface area contributed by atoms with E-state index in [0.29, 0.717) is 28.7 Å². The fourth-order valence-corrected chi connectivity index (χ4v) is 4.31. The first kappa shape index (κ1) is 25.2. The Balaban J connectivity index is 1.82. The highest BCUT2D eigenvalue weighted by atomic mass is 35.5. The Morgan fingerprint density at radius 3 is 2.77 bits per heavy atom. The van der Waals surface area contributed by atoms with Crippen LogP contribution in [0.5, 0.6) is 5.88 Å². The van der Waals surface area contributed by atoms with Crippen molar-refractivity contribution in [3.63, 3.8) is 0 Å². The maximum absolute atomic E-state index is 15.0. The summed E-state index contributed by atoms with van der Waals surface area (Å²) in [5.74, 6) is 0.274. The van der Waals surface area contributed by atoms with E-state index < -0.39 is 17.5 Å². The normalized spacial score (nSPS) is 14.3. The molecule has 3 aromatic rings. The van der Waals surface area contributed by atoms with Gasteiger partial charge in [0.15, 0.2) is 16.1 Å². The van der Waals surface area contributed by atoms with Gasteiger partial charge in [0.1, 0.15) is 34.7 Å². The van der Waals surface area contributed by atoms with Crippen LogP contribution >= 0.6 is 23.4 Å². The summed E-state index contributed by atoms with van der Waals surface area (Å²) < 4.78 is 26.2. The van der Waals surface area contributed by atoms with E-state index in [1.54, 1.807) is 27.0 Å². The molecular formula is C23H26ClFN6O3S. The molecule has 1 N–H and O–H groups in total. The first-order chi connectivity index (χ1) is 16.5. The lowest BCUT2D eigenvalue weighted by atomic mass is 10.1. The number of anilines is 2. The van der Waals surface area contributed by atoms with Gasteiger partial charge in [-0.05, 0) is 52.5 Å². The molecule has 1 atom stereocenters. The number of aryl methyl sites for hydroxylation is 1. The van der Waals surface area contributed by atoms with Gasteiger partial charge < -0.3 is 14.4 Å². The molecule has 0 spiro atoms. The first-order valence-electron chi connectivity index (χ1n) is 10.9. The van der Waals surface area contributed by atoms with Crippen LogP contribution in [0.1, 0.15) is 44.9 Å². The van der Waals surface area contributed by atoms with E-state index in [1.165, 1.54) is 11.8 Å². The summed E-state index contributed by atoms with van der Waals surface area (Å²) in [6.07, 6.45) is 2.87. The number of ether oxygens (including phenoxy) is 2. The summed E-state index contributed by atoms with van der Waals surface area (Å²) in [7, 11) is 0. The molecule has 1 aliphatic rings. The summed E-state index contributed by atoms with van der Waals surface area (Å²) in [4.78, 5) is 32.0. The number of halogens is 2. The van der Waals surface area contributed by atoms with E-state index in [2.05, 4.69) is 25.3 Å². The van der Waals surface area contributed by atoms with E-state index in [9.17, 15) is 9.18 Å². The van der Waals surface area contributed by atoms with Crippen LogP contribution in [0.3, 0.4) is 0 Å². The van der Waals surface area contributed by atoms with Crippen LogP contribution in [-0.4, -0.2) is 51.0 Å². The van der Waals surface area contributed by atoms with Crippen molar-refractivity contribution < 1.29 is 18.7 Å². The second kappa shape index (κ2) is 9.62. The molecule has 0 radical (unpaired) electrons. The van der Waals surface area contributed by atoms with Crippen molar-refractivity contribution in [1.29, 1.82) is 0 Å². The van der Waals surface area contributed by atoms with Crippen LogP contribution in [0.15, 0.2) is 17.4 Å². The molecule has 35 heavy (non-hydrogen) atoms. The van der Waals surface area contributed by atoms with Gasteiger partial charge in [-0.1, -0.05) is 23.4 Å². The quantitative estimate of drug-likeness (QED) is 0.269. The van der Waals surface area contributed by atoms with Crippen LogP contribution in [0.25, 0.3) is 10.9 Å². The number of amides is 1. The Hall–Kier alpha value is -2.92. The molecule has 1 unspecified atom stereocenters. The van der Waals surface area contributed by atoms with Gasteiger partial charge >= 0.3 is 6.09 Å². The highest BCUT2D eigenvalue weighted by Gasteiger charge is 2.31. The molecule has 0 aliphatic carbocycles. The van der Waals surface area contributed by atoms with Gasteiger partial charge in [0.05, 0.1) is 12.6 Å². The minimum absolute atomic E-state index is 0.0444. The van der Waals surface area contributed by atoms with Crippen molar-refractivity contribution in [3.8, 4) is 5.88 Å². The smallest absolute Gasteiger partial charge is 0.413 e. The average molecular weight is 521 g/mol. The Labute approximate surface area is 211 Å². The second-order valence-corrected chi connectivity index (χ2v) is 10.2. The second-order valence-electron chi connectivity index (χ2n) is 9.07. The number of rotatable bonds is 4. The van der Waals surface area contributed by atoms with E-state index in [0.717, 1.165) is 11.1 Å². The Kier molecular flexibility index (Phi) is 6.92. The maximum atomic E-state index is 15.0. The highest BCUT2D eigenvalue weighted by Crippen LogP contribution is 2.41. The van der Waals surface area contributed by atoms with Gasteiger partial charge in [0.2, 0.25) is 5.88 Å². The SMILES string of the molecule is CSc1nc2c3c(nc(Cl)c(F)c3n1)OCCN2C(C)c1cc(C)cnc1NC(=O)OC(C)(C)C. The summed E-state index contributed by atoms with van der Waals surface area (Å²) in [5, 5.41) is 3.17. The Bertz CT molecular complexity index is 1300. The molecule has 0 saturated heterocycles. The molecule has 186 valence electrons. The number of nitrogens with zero attached hydrogens (tertiary/aromatic N) is 5. The molecule has 12 heteroatoms. The Morgan fingerprint density at radius 1 is 1.34 bits per heavy atom. The zero-order chi connectivity index (χ0) is 25.5. The van der Waals surface area contributed by atoms with Gasteiger partial charge in [-0.15, -0.1) is 0 Å². The molecule has 1 aliphatic heterocycles. The van der Waals surface area contributed by atoms with Crippen LogP contribution < -0.4 is 15.0 Å². The zero-order valence-electron chi connectivity index (χ0n) is 20.3.